The van der Waals surface area contributed by atoms with Crippen LogP contribution < -0.4 is 0 Å². The Morgan fingerprint density at radius 1 is 0.821 bits per heavy atom. The van der Waals surface area contributed by atoms with Crippen LogP contribution in [0.3, 0.4) is 0 Å². The summed E-state index contributed by atoms with van der Waals surface area (Å²) in [6, 6.07) is 28.6. The summed E-state index contributed by atoms with van der Waals surface area (Å²) in [6.45, 7) is 1.10. The van der Waals surface area contributed by atoms with Gasteiger partial charge >= 0.3 is 0 Å². The van der Waals surface area contributed by atoms with Crippen molar-refractivity contribution in [1.29, 1.82) is 0 Å². The van der Waals surface area contributed by atoms with Crippen molar-refractivity contribution in [3.05, 3.63) is 140 Å². The molecule has 2 aliphatic rings. The molecule has 0 N–H and O–H groups in total. The predicted octanol–water partition coefficient (Wildman–Crippen LogP) is 7.28. The summed E-state index contributed by atoms with van der Waals surface area (Å²) in [5.41, 5.74) is 6.19. The number of benzene rings is 4. The number of nitrogens with zero attached hydrogens (tertiary/aromatic N) is 2. The van der Waals surface area contributed by atoms with Gasteiger partial charge in [0.1, 0.15) is 5.82 Å². The third-order valence-corrected chi connectivity index (χ3v) is 8.74. The molecule has 0 saturated heterocycles. The Morgan fingerprint density at radius 2 is 1.44 bits per heavy atom. The topological polar surface area (TPSA) is 23.6 Å². The van der Waals surface area contributed by atoms with Crippen molar-refractivity contribution in [3.8, 4) is 0 Å². The Kier molecular flexibility index (Phi) is 7.44. The molecule has 4 aromatic rings. The van der Waals surface area contributed by atoms with Crippen LogP contribution >= 0.6 is 23.2 Å². The van der Waals surface area contributed by atoms with Gasteiger partial charge in [-0.2, -0.15) is 0 Å². The Hall–Kier alpha value is -3.18. The second-order valence-corrected chi connectivity index (χ2v) is 11.2. The Morgan fingerprint density at radius 3 is 2.13 bits per heavy atom. The second kappa shape index (κ2) is 11.1. The van der Waals surface area contributed by atoms with Crippen molar-refractivity contribution in [2.45, 2.75) is 37.9 Å². The summed E-state index contributed by atoms with van der Waals surface area (Å²) in [4.78, 5) is 18.3. The van der Waals surface area contributed by atoms with Gasteiger partial charge in [0.15, 0.2) is 0 Å². The zero-order valence-electron chi connectivity index (χ0n) is 21.5. The van der Waals surface area contributed by atoms with Crippen LogP contribution in [0.25, 0.3) is 0 Å². The lowest BCUT2D eigenvalue weighted by Crippen LogP contribution is -2.48. The van der Waals surface area contributed by atoms with Gasteiger partial charge in [0.05, 0.1) is 12.6 Å². The van der Waals surface area contributed by atoms with Gasteiger partial charge in [0.2, 0.25) is 5.91 Å². The first-order valence-corrected chi connectivity index (χ1v) is 14.1. The summed E-state index contributed by atoms with van der Waals surface area (Å²) in [6.07, 6.45) is 2.35. The van der Waals surface area contributed by atoms with Gasteiger partial charge in [0.25, 0.3) is 0 Å². The molecule has 1 heterocycles. The van der Waals surface area contributed by atoms with Crippen molar-refractivity contribution in [2.75, 3.05) is 13.1 Å². The van der Waals surface area contributed by atoms with Crippen molar-refractivity contribution in [2.24, 2.45) is 0 Å². The maximum Gasteiger partial charge on any atom is 0.237 e. The minimum Gasteiger partial charge on any atom is -0.333 e. The number of rotatable bonds is 6. The molecule has 6 heteroatoms. The maximum absolute atomic E-state index is 14.8. The molecule has 0 saturated carbocycles. The van der Waals surface area contributed by atoms with Crippen molar-refractivity contribution < 1.29 is 9.18 Å². The fourth-order valence-corrected chi connectivity index (χ4v) is 6.75. The van der Waals surface area contributed by atoms with Gasteiger partial charge < -0.3 is 4.90 Å². The van der Waals surface area contributed by atoms with E-state index in [1.165, 1.54) is 22.8 Å². The first-order valence-electron chi connectivity index (χ1n) is 13.3. The van der Waals surface area contributed by atoms with Crippen LogP contribution in [0.1, 0.15) is 39.4 Å². The molecule has 39 heavy (non-hydrogen) atoms. The fraction of sp³-hybridized carbons (Fsp3) is 0.242. The van der Waals surface area contributed by atoms with E-state index in [2.05, 4.69) is 29.2 Å². The van der Waals surface area contributed by atoms with E-state index in [1.807, 2.05) is 53.4 Å². The monoisotopic (exact) mass is 558 g/mol. The van der Waals surface area contributed by atoms with Crippen molar-refractivity contribution in [1.82, 2.24) is 9.80 Å². The number of carbonyl (C=O) groups is 1. The molecule has 1 atom stereocenters. The van der Waals surface area contributed by atoms with Gasteiger partial charge in [-0.05, 0) is 59.7 Å². The quantitative estimate of drug-likeness (QED) is 0.248. The highest BCUT2D eigenvalue weighted by Crippen LogP contribution is 2.41. The Bertz CT molecular complexity index is 1480. The van der Waals surface area contributed by atoms with Crippen molar-refractivity contribution >= 4 is 29.1 Å². The normalized spacial score (nSPS) is 17.1. The maximum atomic E-state index is 14.8. The van der Waals surface area contributed by atoms with E-state index in [9.17, 15) is 9.18 Å². The van der Waals surface area contributed by atoms with Crippen LogP contribution in [-0.2, 0) is 30.6 Å². The summed E-state index contributed by atoms with van der Waals surface area (Å²) in [5, 5.41) is 1.16. The Labute approximate surface area is 238 Å². The molecular formula is C33H29Cl2FN2O. The number of halogens is 3. The molecule has 1 aliphatic heterocycles. The van der Waals surface area contributed by atoms with E-state index >= 15 is 0 Å². The standard InChI is InChI=1S/C33H29Cl2FN2O/c34-28-13-7-14-29(35)32(28)33-27-12-5-3-8-22(27)16-17-37(33)21-31(39)38(20-25-11-4-6-15-30(25)36)26-18-23-9-1-2-10-24(23)19-26/h1-15,26,33H,16-21H2. The zero-order valence-corrected chi connectivity index (χ0v) is 23.0. The van der Waals surface area contributed by atoms with Gasteiger partial charge in [-0.1, -0.05) is 96.0 Å². The highest BCUT2D eigenvalue weighted by Gasteiger charge is 2.36. The Balaban J connectivity index is 1.34. The highest BCUT2D eigenvalue weighted by atomic mass is 35.5. The van der Waals surface area contributed by atoms with E-state index in [1.54, 1.807) is 12.1 Å². The average Bonchev–Trinajstić information content (AvgIpc) is 3.37. The lowest BCUT2D eigenvalue weighted by molar-refractivity contribution is -0.136. The van der Waals surface area contributed by atoms with Crippen LogP contribution in [-0.4, -0.2) is 34.8 Å². The number of hydrogen-bond donors (Lipinski definition) is 0. The molecule has 198 valence electrons. The van der Waals surface area contributed by atoms with Crippen LogP contribution in [0.2, 0.25) is 10.0 Å². The lowest BCUT2D eigenvalue weighted by Gasteiger charge is -2.40. The smallest absolute Gasteiger partial charge is 0.237 e. The molecule has 0 bridgehead atoms. The summed E-state index contributed by atoms with van der Waals surface area (Å²) >= 11 is 13.5. The van der Waals surface area contributed by atoms with Crippen molar-refractivity contribution in [3.63, 3.8) is 0 Å². The molecule has 0 spiro atoms. The first-order chi connectivity index (χ1) is 19.0. The van der Waals surface area contributed by atoms with Gasteiger partial charge in [-0.3, -0.25) is 9.69 Å². The molecule has 0 radical (unpaired) electrons. The second-order valence-electron chi connectivity index (χ2n) is 10.4. The largest absolute Gasteiger partial charge is 0.333 e. The number of carbonyl (C=O) groups excluding carboxylic acids is 1. The minimum absolute atomic E-state index is 0.0244. The first kappa shape index (κ1) is 26.1. The molecule has 3 nitrogen and oxygen atoms in total. The summed E-state index contributed by atoms with van der Waals surface area (Å²) < 4.78 is 14.8. The summed E-state index contributed by atoms with van der Waals surface area (Å²) in [7, 11) is 0. The van der Waals surface area contributed by atoms with E-state index in [0.717, 1.165) is 30.4 Å². The third kappa shape index (κ3) is 5.21. The van der Waals surface area contributed by atoms with Crippen LogP contribution in [0.5, 0.6) is 0 Å². The molecule has 0 aromatic heterocycles. The lowest BCUT2D eigenvalue weighted by atomic mass is 9.88. The zero-order chi connectivity index (χ0) is 26.9. The number of fused-ring (bicyclic) bond motifs is 2. The number of amides is 1. The molecule has 1 unspecified atom stereocenters. The molecule has 1 aliphatic carbocycles. The summed E-state index contributed by atoms with van der Waals surface area (Å²) in [5.74, 6) is -0.318. The molecular weight excluding hydrogens is 530 g/mol. The predicted molar refractivity (Wildman–Crippen MR) is 155 cm³/mol. The van der Waals surface area contributed by atoms with E-state index < -0.39 is 0 Å². The van der Waals surface area contributed by atoms with Crippen LogP contribution in [0, 0.1) is 5.82 Å². The van der Waals surface area contributed by atoms with Gasteiger partial charge in [-0.25, -0.2) is 4.39 Å². The van der Waals surface area contributed by atoms with Gasteiger partial charge in [-0.15, -0.1) is 0 Å². The highest BCUT2D eigenvalue weighted by molar-refractivity contribution is 6.36. The van der Waals surface area contributed by atoms with E-state index in [4.69, 9.17) is 23.2 Å². The average molecular weight is 560 g/mol. The van der Waals surface area contributed by atoms with Crippen LogP contribution in [0.15, 0.2) is 91.0 Å². The van der Waals surface area contributed by atoms with E-state index in [0.29, 0.717) is 22.2 Å². The fourth-order valence-electron chi connectivity index (χ4n) is 6.15. The molecule has 4 aromatic carbocycles. The molecule has 6 rings (SSSR count). The molecule has 0 fully saturated rings. The molecule has 1 amide bonds. The minimum atomic E-state index is -0.293. The third-order valence-electron chi connectivity index (χ3n) is 8.08. The SMILES string of the molecule is O=C(CN1CCc2ccccc2C1c1c(Cl)cccc1Cl)N(Cc1ccccc1F)C1Cc2ccccc2C1. The number of hydrogen-bond acceptors (Lipinski definition) is 2. The van der Waals surface area contributed by atoms with Gasteiger partial charge in [0, 0.05) is 40.3 Å². The van der Waals surface area contributed by atoms with E-state index in [-0.39, 0.29) is 36.9 Å². The van der Waals surface area contributed by atoms with Crippen LogP contribution in [0.4, 0.5) is 4.39 Å².